The predicted molar refractivity (Wildman–Crippen MR) is 149 cm³/mol. The Morgan fingerprint density at radius 3 is 1.69 bits per heavy atom. The Hall–Kier alpha value is -2.91. The van der Waals surface area contributed by atoms with Crippen molar-refractivity contribution in [2.75, 3.05) is 6.61 Å². The molecule has 0 spiro atoms. The Bertz CT molecular complexity index is 1210. The third kappa shape index (κ3) is 8.05. The molecule has 5 atom stereocenters. The zero-order valence-corrected chi connectivity index (χ0v) is 22.5. The standard InChI is InChI=1S/C32H33FO5S/c33-32-31(37-22-27-17-10-18-39-27)30(36-21-26-15-8-3-9-16-26)29(35-20-25-13-6-2-7-14-25)28(38-32)23-34-19-24-11-4-1-5-12-24/h1-18,28-32H,19-23H2/t28-,29-,30+,31-,32-/m1/s1. The minimum Gasteiger partial charge on any atom is -0.374 e. The molecule has 39 heavy (non-hydrogen) atoms. The lowest BCUT2D eigenvalue weighted by molar-refractivity contribution is -0.298. The highest BCUT2D eigenvalue weighted by molar-refractivity contribution is 7.09. The van der Waals surface area contributed by atoms with E-state index in [0.29, 0.717) is 19.8 Å². The van der Waals surface area contributed by atoms with E-state index in [1.165, 1.54) is 0 Å². The fraction of sp³-hybridized carbons (Fsp3) is 0.312. The van der Waals surface area contributed by atoms with Crippen molar-refractivity contribution >= 4 is 11.3 Å². The van der Waals surface area contributed by atoms with Crippen molar-refractivity contribution in [1.29, 1.82) is 0 Å². The molecule has 0 amide bonds. The third-order valence-electron chi connectivity index (χ3n) is 6.54. The van der Waals surface area contributed by atoms with Gasteiger partial charge < -0.3 is 23.7 Å². The molecule has 0 bridgehead atoms. The number of hydrogen-bond acceptors (Lipinski definition) is 6. The average molecular weight is 549 g/mol. The maximum absolute atomic E-state index is 15.7. The first kappa shape index (κ1) is 27.6. The Labute approximate surface area is 233 Å². The van der Waals surface area contributed by atoms with Crippen LogP contribution >= 0.6 is 11.3 Å². The Morgan fingerprint density at radius 2 is 1.13 bits per heavy atom. The van der Waals surface area contributed by atoms with Gasteiger partial charge in [0.2, 0.25) is 6.36 Å². The molecule has 0 unspecified atom stereocenters. The summed E-state index contributed by atoms with van der Waals surface area (Å²) in [6.07, 6.45) is -4.70. The van der Waals surface area contributed by atoms with Crippen LogP contribution in [-0.4, -0.2) is 37.4 Å². The lowest BCUT2D eigenvalue weighted by Gasteiger charge is -2.43. The van der Waals surface area contributed by atoms with E-state index in [1.807, 2.05) is 109 Å². The molecule has 5 nitrogen and oxygen atoms in total. The van der Waals surface area contributed by atoms with Crippen molar-refractivity contribution in [2.24, 2.45) is 0 Å². The van der Waals surface area contributed by atoms with Gasteiger partial charge in [-0.2, -0.15) is 0 Å². The van der Waals surface area contributed by atoms with E-state index in [0.717, 1.165) is 21.6 Å². The molecule has 204 valence electrons. The molecule has 2 heterocycles. The number of thiophene rings is 1. The van der Waals surface area contributed by atoms with Crippen molar-refractivity contribution in [3.05, 3.63) is 130 Å². The second-order valence-corrected chi connectivity index (χ2v) is 10.4. The first-order valence-electron chi connectivity index (χ1n) is 13.1. The quantitative estimate of drug-likeness (QED) is 0.186. The normalized spacial score (nSPS) is 23.1. The van der Waals surface area contributed by atoms with E-state index in [9.17, 15) is 0 Å². The minimum absolute atomic E-state index is 0.150. The summed E-state index contributed by atoms with van der Waals surface area (Å²) in [5.41, 5.74) is 3.01. The van der Waals surface area contributed by atoms with Crippen molar-refractivity contribution in [2.45, 2.75) is 57.2 Å². The summed E-state index contributed by atoms with van der Waals surface area (Å²) in [6, 6.07) is 33.5. The average Bonchev–Trinajstić information content (AvgIpc) is 3.50. The summed E-state index contributed by atoms with van der Waals surface area (Å²) < 4.78 is 46.4. The van der Waals surface area contributed by atoms with Gasteiger partial charge in [-0.15, -0.1) is 11.3 Å². The van der Waals surface area contributed by atoms with Crippen molar-refractivity contribution in [3.63, 3.8) is 0 Å². The smallest absolute Gasteiger partial charge is 0.228 e. The maximum Gasteiger partial charge on any atom is 0.228 e. The van der Waals surface area contributed by atoms with E-state index in [2.05, 4.69) is 0 Å². The van der Waals surface area contributed by atoms with E-state index in [-0.39, 0.29) is 13.2 Å². The van der Waals surface area contributed by atoms with Gasteiger partial charge >= 0.3 is 0 Å². The number of halogens is 1. The molecule has 1 aliphatic heterocycles. The topological polar surface area (TPSA) is 46.2 Å². The summed E-state index contributed by atoms with van der Waals surface area (Å²) in [5.74, 6) is 0. The number of alkyl halides is 1. The van der Waals surface area contributed by atoms with Crippen LogP contribution in [-0.2, 0) is 50.1 Å². The molecule has 4 aromatic rings. The highest BCUT2D eigenvalue weighted by Crippen LogP contribution is 2.31. The minimum atomic E-state index is -1.70. The van der Waals surface area contributed by atoms with Gasteiger partial charge in [0.05, 0.1) is 33.0 Å². The Kier molecular flexibility index (Phi) is 10.3. The summed E-state index contributed by atoms with van der Waals surface area (Å²) >= 11 is 1.56. The first-order chi connectivity index (χ1) is 19.3. The molecular formula is C32H33FO5S. The van der Waals surface area contributed by atoms with Crippen LogP contribution in [0.1, 0.15) is 21.6 Å². The number of ether oxygens (including phenoxy) is 5. The zero-order chi connectivity index (χ0) is 26.7. The second kappa shape index (κ2) is 14.5. The molecule has 0 N–H and O–H groups in total. The van der Waals surface area contributed by atoms with Crippen LogP contribution < -0.4 is 0 Å². The predicted octanol–water partition coefficient (Wildman–Crippen LogP) is 6.72. The molecule has 5 rings (SSSR count). The van der Waals surface area contributed by atoms with Gasteiger partial charge in [0.25, 0.3) is 0 Å². The zero-order valence-electron chi connectivity index (χ0n) is 21.6. The van der Waals surface area contributed by atoms with Crippen LogP contribution in [0, 0.1) is 0 Å². The van der Waals surface area contributed by atoms with E-state index in [1.54, 1.807) is 11.3 Å². The van der Waals surface area contributed by atoms with Gasteiger partial charge in [0.1, 0.15) is 24.4 Å². The molecular weight excluding hydrogens is 515 g/mol. The van der Waals surface area contributed by atoms with Crippen molar-refractivity contribution < 1.29 is 28.1 Å². The SMILES string of the molecule is F[C@@H]1O[C@H](COCc2ccccc2)[C@@H](OCc2ccccc2)[C@H](OCc2ccccc2)[C@H]1OCc1cccs1. The summed E-state index contributed by atoms with van der Waals surface area (Å²) in [6.45, 7) is 1.41. The lowest BCUT2D eigenvalue weighted by atomic mass is 9.98. The molecule has 7 heteroatoms. The summed E-state index contributed by atoms with van der Waals surface area (Å²) in [5, 5.41) is 1.97. The number of benzene rings is 3. The fourth-order valence-electron chi connectivity index (χ4n) is 4.54. The highest BCUT2D eigenvalue weighted by Gasteiger charge is 2.48. The molecule has 0 aliphatic carbocycles. The van der Waals surface area contributed by atoms with Crippen molar-refractivity contribution in [3.8, 4) is 0 Å². The lowest BCUT2D eigenvalue weighted by Crippen LogP contribution is -2.60. The summed E-state index contributed by atoms with van der Waals surface area (Å²) in [4.78, 5) is 0.999. The summed E-state index contributed by atoms with van der Waals surface area (Å²) in [7, 11) is 0. The Morgan fingerprint density at radius 1 is 0.590 bits per heavy atom. The molecule has 3 aromatic carbocycles. The van der Waals surface area contributed by atoms with E-state index in [4.69, 9.17) is 23.7 Å². The van der Waals surface area contributed by atoms with Crippen molar-refractivity contribution in [1.82, 2.24) is 0 Å². The molecule has 0 radical (unpaired) electrons. The molecule has 1 aliphatic rings. The van der Waals surface area contributed by atoms with Crippen LogP contribution in [0.2, 0.25) is 0 Å². The Balaban J connectivity index is 1.35. The van der Waals surface area contributed by atoms with Crippen LogP contribution in [0.4, 0.5) is 4.39 Å². The van der Waals surface area contributed by atoms with Crippen LogP contribution in [0.5, 0.6) is 0 Å². The monoisotopic (exact) mass is 548 g/mol. The third-order valence-corrected chi connectivity index (χ3v) is 7.39. The second-order valence-electron chi connectivity index (χ2n) is 9.40. The molecule has 1 fully saturated rings. The van der Waals surface area contributed by atoms with Gasteiger partial charge in [-0.3, -0.25) is 0 Å². The number of hydrogen-bond donors (Lipinski definition) is 0. The molecule has 1 aromatic heterocycles. The molecule has 0 saturated carbocycles. The maximum atomic E-state index is 15.7. The van der Waals surface area contributed by atoms with Gasteiger partial charge in [-0.25, -0.2) is 4.39 Å². The highest BCUT2D eigenvalue weighted by atomic mass is 32.1. The largest absolute Gasteiger partial charge is 0.374 e. The van der Waals surface area contributed by atoms with Gasteiger partial charge in [0, 0.05) is 4.88 Å². The molecule has 1 saturated heterocycles. The fourth-order valence-corrected chi connectivity index (χ4v) is 5.16. The van der Waals surface area contributed by atoms with Crippen LogP contribution in [0.3, 0.4) is 0 Å². The van der Waals surface area contributed by atoms with E-state index >= 15 is 4.39 Å². The van der Waals surface area contributed by atoms with Gasteiger partial charge in [-0.1, -0.05) is 97.1 Å². The first-order valence-corrected chi connectivity index (χ1v) is 14.0. The van der Waals surface area contributed by atoms with Gasteiger partial charge in [0.15, 0.2) is 0 Å². The number of rotatable bonds is 13. The van der Waals surface area contributed by atoms with Crippen LogP contribution in [0.25, 0.3) is 0 Å². The van der Waals surface area contributed by atoms with Gasteiger partial charge in [-0.05, 0) is 28.1 Å². The van der Waals surface area contributed by atoms with E-state index < -0.39 is 30.8 Å². The van der Waals surface area contributed by atoms with Crippen LogP contribution in [0.15, 0.2) is 109 Å².